The normalized spacial score (nSPS) is 20.0. The average molecular weight is 301 g/mol. The topological polar surface area (TPSA) is 36.4 Å². The second kappa shape index (κ2) is 7.12. The van der Waals surface area contributed by atoms with Crippen molar-refractivity contribution in [2.24, 2.45) is 0 Å². The lowest BCUT2D eigenvalue weighted by Gasteiger charge is -2.32. The summed E-state index contributed by atoms with van der Waals surface area (Å²) in [6.45, 7) is 2.12. The van der Waals surface area contributed by atoms with Crippen molar-refractivity contribution in [2.75, 3.05) is 25.0 Å². The fourth-order valence-corrected chi connectivity index (χ4v) is 3.69. The number of hydrogen-bond acceptors (Lipinski definition) is 3. The maximum atomic E-state index is 12.8. The minimum Gasteiger partial charge on any atom is -0.357 e. The molecule has 120 valence electrons. The van der Waals surface area contributed by atoms with Gasteiger partial charge in [0.2, 0.25) is 0 Å². The fraction of sp³-hybridized carbons (Fsp3) is 0.667. The molecule has 0 atom stereocenters. The number of pyridine rings is 1. The fourth-order valence-electron chi connectivity index (χ4n) is 3.69. The standard InChI is InChI=1S/C18H27N3O/c1-20(16-8-4-2-5-9-16)18(22)15-10-11-19-17(14-15)21-12-6-3-7-13-21/h10-11,14,16H,2-9,12-13H2,1H3. The Kier molecular flexibility index (Phi) is 4.96. The molecule has 0 N–H and O–H groups in total. The third kappa shape index (κ3) is 3.42. The lowest BCUT2D eigenvalue weighted by atomic mass is 9.94. The summed E-state index contributed by atoms with van der Waals surface area (Å²) in [5.41, 5.74) is 0.781. The molecule has 2 aliphatic rings. The van der Waals surface area contributed by atoms with Gasteiger partial charge in [0.1, 0.15) is 5.82 Å². The quantitative estimate of drug-likeness (QED) is 0.857. The number of nitrogens with zero attached hydrogens (tertiary/aromatic N) is 3. The third-order valence-electron chi connectivity index (χ3n) is 5.12. The lowest BCUT2D eigenvalue weighted by molar-refractivity contribution is 0.0696. The summed E-state index contributed by atoms with van der Waals surface area (Å²) in [7, 11) is 1.96. The molecule has 0 aromatic carbocycles. The Labute approximate surface area is 133 Å². The molecule has 0 radical (unpaired) electrons. The summed E-state index contributed by atoms with van der Waals surface area (Å²) in [4.78, 5) is 21.5. The van der Waals surface area contributed by atoms with Crippen LogP contribution < -0.4 is 4.90 Å². The van der Waals surface area contributed by atoms with Crippen molar-refractivity contribution < 1.29 is 4.79 Å². The van der Waals surface area contributed by atoms with E-state index in [1.807, 2.05) is 24.1 Å². The molecular weight excluding hydrogens is 274 g/mol. The number of hydrogen-bond donors (Lipinski definition) is 0. The molecule has 1 aliphatic carbocycles. The SMILES string of the molecule is CN(C(=O)c1ccnc(N2CCCCC2)c1)C1CCCCC1. The second-order valence-electron chi connectivity index (χ2n) is 6.66. The lowest BCUT2D eigenvalue weighted by Crippen LogP contribution is -2.38. The Hall–Kier alpha value is -1.58. The van der Waals surface area contributed by atoms with Crippen molar-refractivity contribution in [2.45, 2.75) is 57.4 Å². The van der Waals surface area contributed by atoms with E-state index in [1.54, 1.807) is 6.20 Å². The number of aromatic nitrogens is 1. The summed E-state index contributed by atoms with van der Waals surface area (Å²) in [6, 6.07) is 4.25. The van der Waals surface area contributed by atoms with Crippen molar-refractivity contribution in [3.05, 3.63) is 23.9 Å². The largest absolute Gasteiger partial charge is 0.357 e. The van der Waals surface area contributed by atoms with Crippen LogP contribution in [-0.2, 0) is 0 Å². The molecule has 1 aromatic rings. The van der Waals surface area contributed by atoms with Gasteiger partial charge in [0, 0.05) is 37.9 Å². The molecular formula is C18H27N3O. The molecule has 0 spiro atoms. The molecule has 1 aliphatic heterocycles. The van der Waals surface area contributed by atoms with Gasteiger partial charge in [-0.2, -0.15) is 0 Å². The molecule has 0 unspecified atom stereocenters. The highest BCUT2D eigenvalue weighted by atomic mass is 16.2. The monoisotopic (exact) mass is 301 g/mol. The minimum absolute atomic E-state index is 0.146. The van der Waals surface area contributed by atoms with Crippen LogP contribution in [0.3, 0.4) is 0 Å². The van der Waals surface area contributed by atoms with Gasteiger partial charge in [0.15, 0.2) is 0 Å². The Morgan fingerprint density at radius 2 is 1.82 bits per heavy atom. The van der Waals surface area contributed by atoms with Crippen molar-refractivity contribution in [3.63, 3.8) is 0 Å². The van der Waals surface area contributed by atoms with Crippen molar-refractivity contribution in [1.82, 2.24) is 9.88 Å². The zero-order valence-electron chi connectivity index (χ0n) is 13.6. The molecule has 1 saturated carbocycles. The minimum atomic E-state index is 0.146. The van der Waals surface area contributed by atoms with Crippen LogP contribution in [0.2, 0.25) is 0 Å². The predicted octanol–water partition coefficient (Wildman–Crippen LogP) is 3.48. The van der Waals surface area contributed by atoms with Gasteiger partial charge in [0.05, 0.1) is 0 Å². The number of piperidine rings is 1. The van der Waals surface area contributed by atoms with Gasteiger partial charge in [-0.15, -0.1) is 0 Å². The Balaban J connectivity index is 1.71. The summed E-state index contributed by atoms with van der Waals surface area (Å²) in [5.74, 6) is 1.11. The van der Waals surface area contributed by atoms with Gasteiger partial charge >= 0.3 is 0 Å². The summed E-state index contributed by atoms with van der Waals surface area (Å²) in [5, 5.41) is 0. The van der Waals surface area contributed by atoms with Crippen LogP contribution >= 0.6 is 0 Å². The van der Waals surface area contributed by atoms with E-state index < -0.39 is 0 Å². The molecule has 2 fully saturated rings. The van der Waals surface area contributed by atoms with Crippen molar-refractivity contribution in [1.29, 1.82) is 0 Å². The van der Waals surface area contributed by atoms with E-state index in [9.17, 15) is 4.79 Å². The maximum absolute atomic E-state index is 12.8. The zero-order valence-corrected chi connectivity index (χ0v) is 13.6. The summed E-state index contributed by atoms with van der Waals surface area (Å²) >= 11 is 0. The third-order valence-corrected chi connectivity index (χ3v) is 5.12. The van der Waals surface area contributed by atoms with Crippen molar-refractivity contribution >= 4 is 11.7 Å². The molecule has 0 bridgehead atoms. The van der Waals surface area contributed by atoms with Gasteiger partial charge in [0.25, 0.3) is 5.91 Å². The van der Waals surface area contributed by atoms with Crippen LogP contribution in [0.5, 0.6) is 0 Å². The van der Waals surface area contributed by atoms with E-state index in [0.717, 1.165) is 37.3 Å². The first kappa shape index (κ1) is 15.3. The molecule has 1 amide bonds. The van der Waals surface area contributed by atoms with Crippen LogP contribution in [0.1, 0.15) is 61.7 Å². The predicted molar refractivity (Wildman–Crippen MR) is 89.3 cm³/mol. The number of carbonyl (C=O) groups is 1. The van der Waals surface area contributed by atoms with Gasteiger partial charge < -0.3 is 9.80 Å². The molecule has 1 saturated heterocycles. The molecule has 4 heteroatoms. The molecule has 22 heavy (non-hydrogen) atoms. The van der Waals surface area contributed by atoms with Crippen molar-refractivity contribution in [3.8, 4) is 0 Å². The van der Waals surface area contributed by atoms with Gasteiger partial charge in [-0.1, -0.05) is 19.3 Å². The van der Waals surface area contributed by atoms with E-state index in [-0.39, 0.29) is 5.91 Å². The first-order chi connectivity index (χ1) is 10.8. The number of anilines is 1. The summed E-state index contributed by atoms with van der Waals surface area (Å²) in [6.07, 6.45) is 11.6. The van der Waals surface area contributed by atoms with Gasteiger partial charge in [-0.05, 0) is 44.2 Å². The Bertz CT molecular complexity index is 505. The van der Waals surface area contributed by atoms with Crippen LogP contribution in [0.15, 0.2) is 18.3 Å². The average Bonchev–Trinajstić information content (AvgIpc) is 2.62. The molecule has 1 aromatic heterocycles. The van der Waals surface area contributed by atoms with Crippen LogP contribution in [0.25, 0.3) is 0 Å². The van der Waals surface area contributed by atoms with E-state index >= 15 is 0 Å². The highest BCUT2D eigenvalue weighted by molar-refractivity contribution is 5.94. The van der Waals surface area contributed by atoms with E-state index in [4.69, 9.17) is 0 Å². The Morgan fingerprint density at radius 1 is 1.14 bits per heavy atom. The summed E-state index contributed by atoms with van der Waals surface area (Å²) < 4.78 is 0. The number of carbonyl (C=O) groups excluding carboxylic acids is 1. The highest BCUT2D eigenvalue weighted by Crippen LogP contribution is 2.24. The smallest absolute Gasteiger partial charge is 0.254 e. The first-order valence-electron chi connectivity index (χ1n) is 8.74. The molecule has 3 rings (SSSR count). The van der Waals surface area contributed by atoms with Crippen LogP contribution in [-0.4, -0.2) is 42.0 Å². The second-order valence-corrected chi connectivity index (χ2v) is 6.66. The number of amides is 1. The van der Waals surface area contributed by atoms with Crippen LogP contribution in [0, 0.1) is 0 Å². The van der Waals surface area contributed by atoms with Gasteiger partial charge in [-0.25, -0.2) is 4.98 Å². The Morgan fingerprint density at radius 3 is 2.55 bits per heavy atom. The van der Waals surface area contributed by atoms with E-state index in [1.165, 1.54) is 38.5 Å². The van der Waals surface area contributed by atoms with Gasteiger partial charge in [-0.3, -0.25) is 4.79 Å². The molecule has 2 heterocycles. The number of rotatable bonds is 3. The van der Waals surface area contributed by atoms with E-state index in [0.29, 0.717) is 6.04 Å². The highest BCUT2D eigenvalue weighted by Gasteiger charge is 2.23. The maximum Gasteiger partial charge on any atom is 0.254 e. The van der Waals surface area contributed by atoms with Crippen LogP contribution in [0.4, 0.5) is 5.82 Å². The van der Waals surface area contributed by atoms with E-state index in [2.05, 4.69) is 9.88 Å². The first-order valence-corrected chi connectivity index (χ1v) is 8.74. The zero-order chi connectivity index (χ0) is 15.4. The molecule has 4 nitrogen and oxygen atoms in total.